The summed E-state index contributed by atoms with van der Waals surface area (Å²) in [4.78, 5) is 24.5. The largest absolute Gasteiger partial charge is 0.466 e. The molecule has 61 heavy (non-hydrogen) atoms. The fourth-order valence-corrected chi connectivity index (χ4v) is 8.28. The summed E-state index contributed by atoms with van der Waals surface area (Å²) in [6.45, 7) is 4.87. The smallest absolute Gasteiger partial charge is 0.305 e. The highest BCUT2D eigenvalue weighted by atomic mass is 16.5. The Kier molecular flexibility index (Phi) is 49.6. The lowest BCUT2D eigenvalue weighted by Gasteiger charge is -2.22. The van der Waals surface area contributed by atoms with E-state index in [2.05, 4.69) is 43.5 Å². The second kappa shape index (κ2) is 51.0. The molecule has 0 aliphatic heterocycles. The molecule has 6 heteroatoms. The zero-order valence-corrected chi connectivity index (χ0v) is 40.9. The van der Waals surface area contributed by atoms with Crippen LogP contribution in [0.15, 0.2) is 24.3 Å². The van der Waals surface area contributed by atoms with E-state index in [9.17, 15) is 19.8 Å². The lowest BCUT2D eigenvalue weighted by Crippen LogP contribution is -2.45. The predicted octanol–water partition coefficient (Wildman–Crippen LogP) is 16.3. The third-order valence-corrected chi connectivity index (χ3v) is 12.5. The number of ether oxygens (including phenoxy) is 1. The number of nitrogens with one attached hydrogen (secondary N) is 1. The van der Waals surface area contributed by atoms with Crippen molar-refractivity contribution in [2.24, 2.45) is 0 Å². The van der Waals surface area contributed by atoms with E-state index in [1.54, 1.807) is 0 Å². The van der Waals surface area contributed by atoms with Crippen LogP contribution in [0, 0.1) is 0 Å². The zero-order valence-electron chi connectivity index (χ0n) is 40.9. The second-order valence-electron chi connectivity index (χ2n) is 18.6. The Balaban J connectivity index is 3.52. The summed E-state index contributed by atoms with van der Waals surface area (Å²) >= 11 is 0. The number of allylic oxidation sites excluding steroid dienone is 4. The molecule has 0 fully saturated rings. The molecule has 1 amide bonds. The van der Waals surface area contributed by atoms with E-state index in [4.69, 9.17) is 4.74 Å². The monoisotopic (exact) mass is 860 g/mol. The van der Waals surface area contributed by atoms with Crippen LogP contribution < -0.4 is 5.32 Å². The van der Waals surface area contributed by atoms with Crippen LogP contribution in [0.1, 0.15) is 290 Å². The first-order chi connectivity index (χ1) is 30.0. The predicted molar refractivity (Wildman–Crippen MR) is 264 cm³/mol. The van der Waals surface area contributed by atoms with Crippen molar-refractivity contribution in [1.82, 2.24) is 5.32 Å². The van der Waals surface area contributed by atoms with Gasteiger partial charge in [-0.15, -0.1) is 0 Å². The number of carbonyl (C=O) groups is 2. The molecule has 0 aliphatic rings. The lowest BCUT2D eigenvalue weighted by atomic mass is 10.0. The Morgan fingerprint density at radius 1 is 0.443 bits per heavy atom. The van der Waals surface area contributed by atoms with Gasteiger partial charge >= 0.3 is 5.97 Å². The minimum absolute atomic E-state index is 0.0439. The topological polar surface area (TPSA) is 95.9 Å². The zero-order chi connectivity index (χ0) is 44.4. The van der Waals surface area contributed by atoms with Crippen LogP contribution in [-0.2, 0) is 14.3 Å². The van der Waals surface area contributed by atoms with Crippen LogP contribution in [0.2, 0.25) is 0 Å². The van der Waals surface area contributed by atoms with Gasteiger partial charge in [-0.3, -0.25) is 9.59 Å². The van der Waals surface area contributed by atoms with Gasteiger partial charge < -0.3 is 20.3 Å². The van der Waals surface area contributed by atoms with Gasteiger partial charge in [0.05, 0.1) is 25.4 Å². The van der Waals surface area contributed by atoms with Gasteiger partial charge in [-0.1, -0.05) is 224 Å². The van der Waals surface area contributed by atoms with Crippen molar-refractivity contribution in [3.63, 3.8) is 0 Å². The molecule has 0 spiro atoms. The third-order valence-electron chi connectivity index (χ3n) is 12.5. The summed E-state index contributed by atoms with van der Waals surface area (Å²) in [5.74, 6) is -0.113. The summed E-state index contributed by atoms with van der Waals surface area (Å²) in [6.07, 6.45) is 60.1. The first kappa shape index (κ1) is 59.3. The van der Waals surface area contributed by atoms with Crippen molar-refractivity contribution >= 4 is 11.9 Å². The molecule has 0 rings (SSSR count). The van der Waals surface area contributed by atoms with E-state index >= 15 is 0 Å². The van der Waals surface area contributed by atoms with Gasteiger partial charge in [-0.25, -0.2) is 0 Å². The SMILES string of the molecule is CCCCCCCC/C=C\CCCCCCCC(=O)OCCCC/C=C\CCCCCCC(=O)NC(CO)C(O)CCCCCCCCCCCCCCCCCCCCC. The van der Waals surface area contributed by atoms with Crippen LogP contribution in [0.3, 0.4) is 0 Å². The minimum atomic E-state index is -0.687. The highest BCUT2D eigenvalue weighted by Crippen LogP contribution is 2.17. The van der Waals surface area contributed by atoms with Gasteiger partial charge in [0.2, 0.25) is 5.91 Å². The van der Waals surface area contributed by atoms with Crippen LogP contribution in [-0.4, -0.2) is 47.4 Å². The van der Waals surface area contributed by atoms with E-state index in [-0.39, 0.29) is 18.5 Å². The van der Waals surface area contributed by atoms with Crippen molar-refractivity contribution in [2.75, 3.05) is 13.2 Å². The van der Waals surface area contributed by atoms with Crippen LogP contribution >= 0.6 is 0 Å². The number of hydrogen-bond acceptors (Lipinski definition) is 5. The molecule has 0 aromatic carbocycles. The maximum absolute atomic E-state index is 12.5. The van der Waals surface area contributed by atoms with E-state index in [1.807, 2.05) is 0 Å². The molecule has 0 saturated heterocycles. The molecule has 0 aromatic rings. The molecule has 0 aromatic heterocycles. The molecule has 6 nitrogen and oxygen atoms in total. The number of carbonyl (C=O) groups excluding carboxylic acids is 2. The fraction of sp³-hybridized carbons (Fsp3) is 0.891. The van der Waals surface area contributed by atoms with Crippen molar-refractivity contribution in [1.29, 1.82) is 0 Å². The summed E-state index contributed by atoms with van der Waals surface area (Å²) in [5, 5.41) is 23.3. The number of aliphatic hydroxyl groups is 2. The highest BCUT2D eigenvalue weighted by molar-refractivity contribution is 5.76. The van der Waals surface area contributed by atoms with Crippen molar-refractivity contribution in [3.8, 4) is 0 Å². The summed E-state index contributed by atoms with van der Waals surface area (Å²) in [5.41, 5.74) is 0. The number of aliphatic hydroxyl groups excluding tert-OH is 2. The number of amides is 1. The van der Waals surface area contributed by atoms with Crippen molar-refractivity contribution < 1.29 is 24.5 Å². The van der Waals surface area contributed by atoms with E-state index in [1.165, 1.54) is 180 Å². The molecule has 360 valence electrons. The van der Waals surface area contributed by atoms with Crippen LogP contribution in [0.5, 0.6) is 0 Å². The highest BCUT2D eigenvalue weighted by Gasteiger charge is 2.20. The molecular formula is C55H105NO5. The van der Waals surface area contributed by atoms with E-state index < -0.39 is 12.1 Å². The second-order valence-corrected chi connectivity index (χ2v) is 18.6. The molecule has 0 bridgehead atoms. The minimum Gasteiger partial charge on any atom is -0.466 e. The Morgan fingerprint density at radius 3 is 1.16 bits per heavy atom. The Bertz CT molecular complexity index is 951. The van der Waals surface area contributed by atoms with Gasteiger partial charge in [-0.2, -0.15) is 0 Å². The van der Waals surface area contributed by atoms with Gasteiger partial charge in [0.15, 0.2) is 0 Å². The quantitative estimate of drug-likeness (QED) is 0.0322. The van der Waals surface area contributed by atoms with E-state index in [0.717, 1.165) is 77.0 Å². The van der Waals surface area contributed by atoms with Gasteiger partial charge in [0, 0.05) is 12.8 Å². The molecule has 0 saturated carbocycles. The first-order valence-corrected chi connectivity index (χ1v) is 27.1. The molecule has 2 atom stereocenters. The standard InChI is InChI=1S/C55H105NO5/c1-3-5-7-9-11-13-15-17-19-20-21-22-24-25-27-31-35-39-43-47-53(58)52(51-57)56-54(59)48-44-40-36-32-29-30-34-38-42-46-50-61-55(60)49-45-41-37-33-28-26-23-18-16-14-12-10-8-6-4-2/h18,23,30,34,52-53,57-58H,3-17,19-22,24-29,31-33,35-51H2,1-2H3,(H,56,59)/b23-18-,34-30-. The maximum atomic E-state index is 12.5. The molecule has 0 radical (unpaired) electrons. The third kappa shape index (κ3) is 47.7. The van der Waals surface area contributed by atoms with Crippen LogP contribution in [0.25, 0.3) is 0 Å². The molecule has 0 aliphatic carbocycles. The van der Waals surface area contributed by atoms with Crippen molar-refractivity contribution in [3.05, 3.63) is 24.3 Å². The summed E-state index contributed by atoms with van der Waals surface area (Å²) < 4.78 is 5.43. The molecule has 3 N–H and O–H groups in total. The number of rotatable bonds is 50. The summed E-state index contributed by atoms with van der Waals surface area (Å²) in [6, 6.07) is -0.567. The average Bonchev–Trinajstić information content (AvgIpc) is 3.26. The van der Waals surface area contributed by atoms with E-state index in [0.29, 0.717) is 25.9 Å². The Labute approximate surface area is 380 Å². The average molecular weight is 860 g/mol. The maximum Gasteiger partial charge on any atom is 0.305 e. The van der Waals surface area contributed by atoms with Gasteiger partial charge in [-0.05, 0) is 77.0 Å². The normalized spacial score (nSPS) is 12.8. The Hall–Kier alpha value is -1.66. The van der Waals surface area contributed by atoms with Crippen molar-refractivity contribution in [2.45, 2.75) is 302 Å². The summed E-state index contributed by atoms with van der Waals surface area (Å²) in [7, 11) is 0. The number of unbranched alkanes of at least 4 members (excludes halogenated alkanes) is 35. The molecule has 2 unspecified atom stereocenters. The first-order valence-electron chi connectivity index (χ1n) is 27.1. The Morgan fingerprint density at radius 2 is 0.770 bits per heavy atom. The molecular weight excluding hydrogens is 755 g/mol. The number of hydrogen-bond donors (Lipinski definition) is 3. The number of esters is 1. The lowest BCUT2D eigenvalue weighted by molar-refractivity contribution is -0.143. The molecule has 0 heterocycles. The van der Waals surface area contributed by atoms with Crippen LogP contribution in [0.4, 0.5) is 0 Å². The fourth-order valence-electron chi connectivity index (χ4n) is 8.28. The van der Waals surface area contributed by atoms with Gasteiger partial charge in [0.1, 0.15) is 0 Å². The van der Waals surface area contributed by atoms with Gasteiger partial charge in [0.25, 0.3) is 0 Å².